The number of hydrogen-bond donors (Lipinski definition) is 0. The van der Waals surface area contributed by atoms with E-state index in [1.165, 1.54) is 42.4 Å². The lowest BCUT2D eigenvalue weighted by Gasteiger charge is -2.35. The average Bonchev–Trinajstić information content (AvgIpc) is 3.35. The van der Waals surface area contributed by atoms with Crippen LogP contribution in [-0.4, -0.2) is 17.8 Å². The fraction of sp³-hybridized carbons (Fsp3) is 0.161. The smallest absolute Gasteiger partial charge is 0.162 e. The van der Waals surface area contributed by atoms with Crippen molar-refractivity contribution in [1.29, 1.82) is 0 Å². The molecule has 0 spiro atoms. The van der Waals surface area contributed by atoms with Crippen molar-refractivity contribution in [3.63, 3.8) is 0 Å². The van der Waals surface area contributed by atoms with E-state index >= 15 is 0 Å². The van der Waals surface area contributed by atoms with Crippen LogP contribution in [0.15, 0.2) is 97.1 Å². The summed E-state index contributed by atoms with van der Waals surface area (Å²) in [6.45, 7) is 4.09. The van der Waals surface area contributed by atoms with E-state index in [9.17, 15) is 0 Å². The Morgan fingerprint density at radius 2 is 1.37 bits per heavy atom. The Bertz CT molecular complexity index is 1500. The summed E-state index contributed by atoms with van der Waals surface area (Å²) in [5.41, 5.74) is 6.66. The van der Waals surface area contributed by atoms with Crippen LogP contribution in [0.3, 0.4) is 0 Å². The molecule has 1 aliphatic rings. The fourth-order valence-corrected chi connectivity index (χ4v) is 6.55. The van der Waals surface area contributed by atoms with Gasteiger partial charge >= 0.3 is 0 Å². The average molecular weight is 571 g/mol. The Morgan fingerprint density at radius 1 is 0.771 bits per heavy atom. The van der Waals surface area contributed by atoms with Gasteiger partial charge < -0.3 is 14.0 Å². The van der Waals surface area contributed by atoms with Gasteiger partial charge in [0.2, 0.25) is 0 Å². The predicted octanol–water partition coefficient (Wildman–Crippen LogP) is 7.86. The first-order valence-corrected chi connectivity index (χ1v) is 12.9. The third kappa shape index (κ3) is 3.16. The standard InChI is InChI=1S/C31H26INO2/c1-20(2)35-28-18-24-25(19-27(28)34-3)31(21-12-6-4-7-13-21,22-14-8-5-9-15-22)33-26-17-11-10-16-23(26)29(32)30(24)33/h4-20H,1-3H3. The van der Waals surface area contributed by atoms with Crippen LogP contribution in [0.5, 0.6) is 11.5 Å². The summed E-state index contributed by atoms with van der Waals surface area (Å²) in [7, 11) is 1.72. The van der Waals surface area contributed by atoms with Gasteiger partial charge in [0.15, 0.2) is 11.5 Å². The van der Waals surface area contributed by atoms with Crippen LogP contribution in [0.4, 0.5) is 0 Å². The molecule has 6 rings (SSSR count). The van der Waals surface area contributed by atoms with E-state index in [4.69, 9.17) is 9.47 Å². The van der Waals surface area contributed by atoms with E-state index in [-0.39, 0.29) is 6.10 Å². The van der Waals surface area contributed by atoms with Gasteiger partial charge in [0.1, 0.15) is 5.54 Å². The summed E-state index contributed by atoms with van der Waals surface area (Å²) in [5.74, 6) is 1.52. The number of halogens is 1. The highest BCUT2D eigenvalue weighted by atomic mass is 127. The van der Waals surface area contributed by atoms with Gasteiger partial charge in [0.25, 0.3) is 0 Å². The van der Waals surface area contributed by atoms with Crippen LogP contribution < -0.4 is 9.47 Å². The molecule has 1 aromatic heterocycles. The van der Waals surface area contributed by atoms with E-state index < -0.39 is 5.54 Å². The molecular formula is C31H26INO2. The first-order chi connectivity index (χ1) is 17.1. The molecule has 0 fully saturated rings. The van der Waals surface area contributed by atoms with E-state index in [1.54, 1.807) is 7.11 Å². The Hall–Kier alpha value is -3.25. The molecule has 3 nitrogen and oxygen atoms in total. The zero-order valence-electron chi connectivity index (χ0n) is 20.0. The molecule has 0 saturated heterocycles. The molecule has 1 aliphatic heterocycles. The number of benzene rings is 4. The highest BCUT2D eigenvalue weighted by Crippen LogP contribution is 2.57. The maximum Gasteiger partial charge on any atom is 0.162 e. The molecule has 0 N–H and O–H groups in total. The quantitative estimate of drug-likeness (QED) is 0.197. The van der Waals surface area contributed by atoms with Crippen molar-refractivity contribution in [2.24, 2.45) is 0 Å². The van der Waals surface area contributed by atoms with Gasteiger partial charge in [-0.05, 0) is 65.8 Å². The van der Waals surface area contributed by atoms with Gasteiger partial charge in [-0.25, -0.2) is 0 Å². The van der Waals surface area contributed by atoms with Gasteiger partial charge in [-0.15, -0.1) is 0 Å². The number of nitrogens with zero attached hydrogens (tertiary/aromatic N) is 1. The Morgan fingerprint density at radius 3 is 1.97 bits per heavy atom. The molecule has 4 aromatic carbocycles. The van der Waals surface area contributed by atoms with Gasteiger partial charge in [0, 0.05) is 20.1 Å². The monoisotopic (exact) mass is 571 g/mol. The molecule has 0 atom stereocenters. The molecule has 5 aromatic rings. The minimum absolute atomic E-state index is 0.0429. The van der Waals surface area contributed by atoms with Gasteiger partial charge in [-0.1, -0.05) is 78.9 Å². The Kier molecular flexibility index (Phi) is 5.37. The molecule has 174 valence electrons. The number of hydrogen-bond acceptors (Lipinski definition) is 2. The summed E-state index contributed by atoms with van der Waals surface area (Å²) in [5, 5.41) is 1.26. The lowest BCUT2D eigenvalue weighted by atomic mass is 9.76. The van der Waals surface area contributed by atoms with Crippen LogP contribution in [0.25, 0.3) is 22.2 Å². The second-order valence-electron chi connectivity index (χ2n) is 9.17. The third-order valence-corrected chi connectivity index (χ3v) is 7.93. The van der Waals surface area contributed by atoms with Crippen LogP contribution >= 0.6 is 22.6 Å². The van der Waals surface area contributed by atoms with Crippen molar-refractivity contribution < 1.29 is 9.47 Å². The molecule has 4 heteroatoms. The summed E-state index contributed by atoms with van der Waals surface area (Å²) in [4.78, 5) is 0. The molecule has 0 unspecified atom stereocenters. The van der Waals surface area contributed by atoms with Crippen molar-refractivity contribution in [2.45, 2.75) is 25.5 Å². The summed E-state index contributed by atoms with van der Waals surface area (Å²) in [6.07, 6.45) is 0.0429. The summed E-state index contributed by atoms with van der Waals surface area (Å²) in [6, 6.07) is 34.7. The van der Waals surface area contributed by atoms with E-state index in [2.05, 4.69) is 124 Å². The molecule has 2 heterocycles. The third-order valence-electron chi connectivity index (χ3n) is 6.84. The number of rotatable bonds is 5. The zero-order valence-corrected chi connectivity index (χ0v) is 22.1. The number of methoxy groups -OCH3 is 1. The number of ether oxygens (including phenoxy) is 2. The fourth-order valence-electron chi connectivity index (χ4n) is 5.56. The van der Waals surface area contributed by atoms with Crippen LogP contribution in [0.2, 0.25) is 0 Å². The van der Waals surface area contributed by atoms with Gasteiger partial charge in [-0.2, -0.15) is 0 Å². The Balaban J connectivity index is 1.84. The second kappa shape index (κ2) is 8.45. The molecule has 0 amide bonds. The van der Waals surface area contributed by atoms with Crippen molar-refractivity contribution in [1.82, 2.24) is 4.57 Å². The van der Waals surface area contributed by atoms with E-state index in [0.717, 1.165) is 11.5 Å². The Labute approximate surface area is 219 Å². The maximum atomic E-state index is 6.23. The first kappa shape index (κ1) is 22.2. The van der Waals surface area contributed by atoms with Crippen molar-refractivity contribution in [3.8, 4) is 22.8 Å². The largest absolute Gasteiger partial charge is 0.493 e. The number of para-hydroxylation sites is 1. The summed E-state index contributed by atoms with van der Waals surface area (Å²) >= 11 is 2.51. The molecule has 0 aliphatic carbocycles. The van der Waals surface area contributed by atoms with E-state index in [0.29, 0.717) is 0 Å². The minimum Gasteiger partial charge on any atom is -0.493 e. The predicted molar refractivity (Wildman–Crippen MR) is 151 cm³/mol. The molecule has 0 radical (unpaired) electrons. The normalized spacial score (nSPS) is 13.6. The van der Waals surface area contributed by atoms with Crippen molar-refractivity contribution in [3.05, 3.63) is 117 Å². The zero-order chi connectivity index (χ0) is 24.2. The molecule has 0 bridgehead atoms. The lowest BCUT2D eigenvalue weighted by molar-refractivity contribution is 0.230. The molecule has 35 heavy (non-hydrogen) atoms. The van der Waals surface area contributed by atoms with Gasteiger partial charge in [-0.3, -0.25) is 0 Å². The van der Waals surface area contributed by atoms with Crippen molar-refractivity contribution >= 4 is 33.5 Å². The maximum absolute atomic E-state index is 6.23. The minimum atomic E-state index is -0.556. The number of fused-ring (bicyclic) bond motifs is 5. The van der Waals surface area contributed by atoms with Crippen LogP contribution in [-0.2, 0) is 5.54 Å². The van der Waals surface area contributed by atoms with Crippen LogP contribution in [0.1, 0.15) is 30.5 Å². The van der Waals surface area contributed by atoms with Crippen LogP contribution in [0, 0.1) is 3.57 Å². The van der Waals surface area contributed by atoms with Crippen molar-refractivity contribution in [2.75, 3.05) is 7.11 Å². The topological polar surface area (TPSA) is 23.4 Å². The first-order valence-electron chi connectivity index (χ1n) is 11.9. The van der Waals surface area contributed by atoms with E-state index in [1.807, 2.05) is 13.8 Å². The highest BCUT2D eigenvalue weighted by molar-refractivity contribution is 14.1. The SMILES string of the molecule is COc1cc2c(cc1OC(C)C)-c1c(I)c3ccccc3n1C2(c1ccccc1)c1ccccc1. The summed E-state index contributed by atoms with van der Waals surface area (Å²) < 4.78 is 15.9. The second-order valence-corrected chi connectivity index (χ2v) is 10.3. The lowest BCUT2D eigenvalue weighted by Crippen LogP contribution is -2.34. The molecule has 0 saturated carbocycles. The van der Waals surface area contributed by atoms with Gasteiger partial charge in [0.05, 0.1) is 24.4 Å². The number of aromatic nitrogens is 1. The molecular weight excluding hydrogens is 545 g/mol. The highest BCUT2D eigenvalue weighted by Gasteiger charge is 2.48.